The third-order valence-corrected chi connectivity index (χ3v) is 4.02. The molecule has 1 saturated heterocycles. The summed E-state index contributed by atoms with van der Waals surface area (Å²) in [5.74, 6) is 1.31. The molecule has 3 rings (SSSR count). The molecule has 1 aliphatic heterocycles. The number of para-hydroxylation sites is 1. The van der Waals surface area contributed by atoms with Crippen LogP contribution < -0.4 is 10.2 Å². The van der Waals surface area contributed by atoms with Gasteiger partial charge in [-0.25, -0.2) is 4.98 Å². The second-order valence-corrected chi connectivity index (χ2v) is 7.35. The molecular weight excluding hydrogens is 316 g/mol. The number of nitrogens with zero attached hydrogens (tertiary/aromatic N) is 3. The Morgan fingerprint density at radius 3 is 2.64 bits per heavy atom. The molecule has 1 aromatic heterocycles. The first-order valence-electron chi connectivity index (χ1n) is 8.90. The minimum absolute atomic E-state index is 0.222. The Labute approximate surface area is 148 Å². The Hall–Kier alpha value is -2.37. The van der Waals surface area contributed by atoms with Gasteiger partial charge in [-0.15, -0.1) is 0 Å². The second kappa shape index (κ2) is 7.25. The molecule has 1 aliphatic rings. The average Bonchev–Trinajstić information content (AvgIpc) is 3.06. The summed E-state index contributed by atoms with van der Waals surface area (Å²) in [5, 5.41) is 4.24. The third kappa shape index (κ3) is 4.59. The topological polar surface area (TPSA) is 67.3 Å². The molecule has 1 N–H and O–H groups in total. The van der Waals surface area contributed by atoms with Crippen LogP contribution in [0.3, 0.4) is 0 Å². The summed E-state index contributed by atoms with van der Waals surface area (Å²) in [4.78, 5) is 23.4. The van der Waals surface area contributed by atoms with E-state index >= 15 is 0 Å². The lowest BCUT2D eigenvalue weighted by Crippen LogP contribution is -2.25. The number of benzene rings is 1. The zero-order valence-corrected chi connectivity index (χ0v) is 15.2. The molecular formula is C19H26N4O2. The van der Waals surface area contributed by atoms with Crippen LogP contribution in [0.15, 0.2) is 24.3 Å². The van der Waals surface area contributed by atoms with Crippen molar-refractivity contribution in [2.45, 2.75) is 45.6 Å². The van der Waals surface area contributed by atoms with Crippen LogP contribution in [-0.4, -0.2) is 41.2 Å². The molecule has 0 radical (unpaired) electrons. The number of fused-ring (bicyclic) bond motifs is 1. The minimum atomic E-state index is -0.459. The van der Waals surface area contributed by atoms with Gasteiger partial charge in [-0.05, 0) is 45.7 Å². The Morgan fingerprint density at radius 2 is 1.92 bits per heavy atom. The Balaban J connectivity index is 1.72. The summed E-state index contributed by atoms with van der Waals surface area (Å²) in [6.07, 6.45) is 2.67. The number of rotatable bonds is 5. The van der Waals surface area contributed by atoms with Gasteiger partial charge in [0.1, 0.15) is 11.4 Å². The lowest BCUT2D eigenvalue weighted by atomic mass is 10.2. The Morgan fingerprint density at radius 1 is 1.20 bits per heavy atom. The Kier molecular flexibility index (Phi) is 5.06. The molecule has 0 bridgehead atoms. The van der Waals surface area contributed by atoms with E-state index in [1.54, 1.807) is 0 Å². The van der Waals surface area contributed by atoms with Crippen molar-refractivity contribution in [2.24, 2.45) is 0 Å². The number of nitrogens with one attached hydrogen (secondary N) is 1. The molecule has 0 unspecified atom stereocenters. The number of aromatic nitrogens is 2. The lowest BCUT2D eigenvalue weighted by molar-refractivity contribution is -0.154. The quantitative estimate of drug-likeness (QED) is 0.840. The number of hydrogen-bond acceptors (Lipinski definition) is 6. The molecule has 134 valence electrons. The van der Waals surface area contributed by atoms with E-state index in [-0.39, 0.29) is 12.4 Å². The van der Waals surface area contributed by atoms with Gasteiger partial charge >= 0.3 is 5.97 Å². The first-order valence-corrected chi connectivity index (χ1v) is 8.90. The summed E-state index contributed by atoms with van der Waals surface area (Å²) >= 11 is 0. The number of carbonyl (C=O) groups excluding carboxylic acids is 1. The lowest BCUT2D eigenvalue weighted by Gasteiger charge is -2.20. The van der Waals surface area contributed by atoms with Crippen molar-refractivity contribution in [1.82, 2.24) is 9.97 Å². The maximum atomic E-state index is 11.8. The van der Waals surface area contributed by atoms with Gasteiger partial charge in [-0.3, -0.25) is 4.79 Å². The van der Waals surface area contributed by atoms with Crippen molar-refractivity contribution in [3.8, 4) is 0 Å². The van der Waals surface area contributed by atoms with Crippen LogP contribution in [0.4, 0.5) is 11.8 Å². The van der Waals surface area contributed by atoms with Crippen LogP contribution in [0, 0.1) is 0 Å². The molecule has 0 aliphatic carbocycles. The SMILES string of the molecule is CC(C)(C)OC(=O)CCNc1nc(N2CCCC2)c2ccccc2n1. The van der Waals surface area contributed by atoms with Gasteiger partial charge in [0.2, 0.25) is 5.95 Å². The smallest absolute Gasteiger partial charge is 0.308 e. The number of hydrogen-bond donors (Lipinski definition) is 1. The minimum Gasteiger partial charge on any atom is -0.460 e. The fourth-order valence-corrected chi connectivity index (χ4v) is 2.98. The first kappa shape index (κ1) is 17.5. The summed E-state index contributed by atoms with van der Waals surface area (Å²) in [6, 6.07) is 8.05. The molecule has 0 atom stereocenters. The van der Waals surface area contributed by atoms with E-state index < -0.39 is 5.60 Å². The van der Waals surface area contributed by atoms with E-state index in [1.165, 1.54) is 12.8 Å². The molecule has 6 heteroatoms. The van der Waals surface area contributed by atoms with Crippen molar-refractivity contribution >= 4 is 28.6 Å². The molecule has 1 fully saturated rings. The highest BCUT2D eigenvalue weighted by molar-refractivity contribution is 5.90. The molecule has 25 heavy (non-hydrogen) atoms. The highest BCUT2D eigenvalue weighted by Gasteiger charge is 2.19. The predicted molar refractivity (Wildman–Crippen MR) is 99.9 cm³/mol. The zero-order chi connectivity index (χ0) is 17.9. The molecule has 2 aromatic rings. The summed E-state index contributed by atoms with van der Waals surface area (Å²) in [5.41, 5.74) is 0.457. The number of esters is 1. The van der Waals surface area contributed by atoms with Crippen molar-refractivity contribution in [1.29, 1.82) is 0 Å². The second-order valence-electron chi connectivity index (χ2n) is 7.35. The number of ether oxygens (including phenoxy) is 1. The van der Waals surface area contributed by atoms with Crippen LogP contribution in [0.25, 0.3) is 10.9 Å². The standard InChI is InChI=1S/C19H26N4O2/c1-19(2,3)25-16(24)10-11-20-18-21-15-9-5-4-8-14(15)17(22-18)23-12-6-7-13-23/h4-5,8-9H,6-7,10-13H2,1-3H3,(H,20,21,22). The maximum absolute atomic E-state index is 11.8. The highest BCUT2D eigenvalue weighted by Crippen LogP contribution is 2.27. The van der Waals surface area contributed by atoms with Crippen LogP contribution in [0.1, 0.15) is 40.0 Å². The van der Waals surface area contributed by atoms with E-state index in [2.05, 4.69) is 21.3 Å². The van der Waals surface area contributed by atoms with E-state index in [0.29, 0.717) is 12.5 Å². The summed E-state index contributed by atoms with van der Waals surface area (Å²) in [6.45, 7) is 8.11. The predicted octanol–water partition coefficient (Wildman–Crippen LogP) is 3.37. The van der Waals surface area contributed by atoms with Crippen molar-refractivity contribution < 1.29 is 9.53 Å². The van der Waals surface area contributed by atoms with Gasteiger partial charge in [0, 0.05) is 25.0 Å². The molecule has 6 nitrogen and oxygen atoms in total. The number of carbonyl (C=O) groups is 1. The largest absolute Gasteiger partial charge is 0.460 e. The number of anilines is 2. The fraction of sp³-hybridized carbons (Fsp3) is 0.526. The van der Waals surface area contributed by atoms with Gasteiger partial charge in [-0.1, -0.05) is 12.1 Å². The van der Waals surface area contributed by atoms with Crippen molar-refractivity contribution in [3.63, 3.8) is 0 Å². The molecule has 1 aromatic carbocycles. The van der Waals surface area contributed by atoms with Gasteiger partial charge in [0.05, 0.1) is 11.9 Å². The monoisotopic (exact) mass is 342 g/mol. The van der Waals surface area contributed by atoms with E-state index in [0.717, 1.165) is 29.8 Å². The van der Waals surface area contributed by atoms with Gasteiger partial charge < -0.3 is 15.0 Å². The summed E-state index contributed by atoms with van der Waals surface area (Å²) in [7, 11) is 0. The van der Waals surface area contributed by atoms with Crippen LogP contribution in [0.5, 0.6) is 0 Å². The zero-order valence-electron chi connectivity index (χ0n) is 15.2. The third-order valence-electron chi connectivity index (χ3n) is 4.02. The summed E-state index contributed by atoms with van der Waals surface area (Å²) < 4.78 is 5.32. The highest BCUT2D eigenvalue weighted by atomic mass is 16.6. The van der Waals surface area contributed by atoms with Crippen LogP contribution >= 0.6 is 0 Å². The van der Waals surface area contributed by atoms with Crippen LogP contribution in [0.2, 0.25) is 0 Å². The van der Waals surface area contributed by atoms with Crippen molar-refractivity contribution in [3.05, 3.63) is 24.3 Å². The van der Waals surface area contributed by atoms with Gasteiger partial charge in [-0.2, -0.15) is 4.98 Å². The maximum Gasteiger partial charge on any atom is 0.308 e. The molecule has 0 saturated carbocycles. The van der Waals surface area contributed by atoms with E-state index in [1.807, 2.05) is 39.0 Å². The average molecular weight is 342 g/mol. The molecule has 0 amide bonds. The molecule has 0 spiro atoms. The molecule has 2 heterocycles. The van der Waals surface area contributed by atoms with E-state index in [9.17, 15) is 4.79 Å². The first-order chi connectivity index (χ1) is 11.9. The Bertz CT molecular complexity index is 749. The van der Waals surface area contributed by atoms with Crippen molar-refractivity contribution in [2.75, 3.05) is 29.9 Å². The van der Waals surface area contributed by atoms with Gasteiger partial charge in [0.15, 0.2) is 0 Å². The normalized spacial score (nSPS) is 14.8. The fourth-order valence-electron chi connectivity index (χ4n) is 2.98. The van der Waals surface area contributed by atoms with Gasteiger partial charge in [0.25, 0.3) is 0 Å². The van der Waals surface area contributed by atoms with Crippen LogP contribution in [-0.2, 0) is 9.53 Å². The van der Waals surface area contributed by atoms with E-state index in [4.69, 9.17) is 9.72 Å².